The summed E-state index contributed by atoms with van der Waals surface area (Å²) in [4.78, 5) is 2.30. The van der Waals surface area contributed by atoms with Gasteiger partial charge in [0.2, 0.25) is 6.79 Å². The Morgan fingerprint density at radius 2 is 1.77 bits per heavy atom. The SMILES string of the molecule is CC(C)(C)c1cc2c(cc1OP(=O)(NCCN1CCOCC1)c1ccccc1)OCO2.[HH]. The molecule has 0 aromatic heterocycles. The molecule has 8 heteroatoms. The van der Waals surface area contributed by atoms with Gasteiger partial charge in [0.25, 0.3) is 0 Å². The van der Waals surface area contributed by atoms with Crippen molar-refractivity contribution in [3.63, 3.8) is 0 Å². The van der Waals surface area contributed by atoms with Crippen LogP contribution in [0.15, 0.2) is 42.5 Å². The van der Waals surface area contributed by atoms with Crippen molar-refractivity contribution in [3.05, 3.63) is 48.0 Å². The van der Waals surface area contributed by atoms with E-state index in [4.69, 9.17) is 18.7 Å². The minimum atomic E-state index is -3.39. The fourth-order valence-corrected chi connectivity index (χ4v) is 5.44. The smallest absolute Gasteiger partial charge is 0.347 e. The molecule has 31 heavy (non-hydrogen) atoms. The molecule has 0 spiro atoms. The van der Waals surface area contributed by atoms with E-state index in [1.54, 1.807) is 6.07 Å². The Morgan fingerprint density at radius 3 is 2.45 bits per heavy atom. The van der Waals surface area contributed by atoms with Gasteiger partial charge in [-0.05, 0) is 23.6 Å². The summed E-state index contributed by atoms with van der Waals surface area (Å²) < 4.78 is 37.0. The number of morpholine rings is 1. The maximum Gasteiger partial charge on any atom is 0.347 e. The lowest BCUT2D eigenvalue weighted by atomic mass is 9.86. The molecule has 2 aromatic rings. The molecule has 2 heterocycles. The van der Waals surface area contributed by atoms with Crippen molar-refractivity contribution in [2.24, 2.45) is 0 Å². The van der Waals surface area contributed by atoms with Crippen LogP contribution >= 0.6 is 7.52 Å². The largest absolute Gasteiger partial charge is 0.454 e. The minimum absolute atomic E-state index is 0. The van der Waals surface area contributed by atoms with Crippen molar-refractivity contribution in [1.29, 1.82) is 0 Å². The third-order valence-corrected chi connectivity index (χ3v) is 7.53. The van der Waals surface area contributed by atoms with Crippen LogP contribution in [0.2, 0.25) is 0 Å². The molecule has 7 nitrogen and oxygen atoms in total. The summed E-state index contributed by atoms with van der Waals surface area (Å²) in [5.41, 5.74) is 0.689. The Morgan fingerprint density at radius 1 is 1.10 bits per heavy atom. The van der Waals surface area contributed by atoms with Crippen molar-refractivity contribution in [2.75, 3.05) is 46.2 Å². The number of nitrogens with zero attached hydrogens (tertiary/aromatic N) is 1. The zero-order chi connectivity index (χ0) is 21.9. The van der Waals surface area contributed by atoms with Gasteiger partial charge in [0.1, 0.15) is 5.75 Å². The summed E-state index contributed by atoms with van der Waals surface area (Å²) in [6.45, 7) is 11.0. The summed E-state index contributed by atoms with van der Waals surface area (Å²) in [6, 6.07) is 13.1. The molecule has 170 valence electrons. The first-order valence-electron chi connectivity index (χ1n) is 10.7. The summed E-state index contributed by atoms with van der Waals surface area (Å²) >= 11 is 0. The van der Waals surface area contributed by atoms with E-state index in [2.05, 4.69) is 30.8 Å². The molecule has 0 saturated carbocycles. The zero-order valence-electron chi connectivity index (χ0n) is 18.4. The highest BCUT2D eigenvalue weighted by atomic mass is 31.2. The minimum Gasteiger partial charge on any atom is -0.454 e. The van der Waals surface area contributed by atoms with Gasteiger partial charge in [-0.2, -0.15) is 0 Å². The normalized spacial score (nSPS) is 18.5. The van der Waals surface area contributed by atoms with Crippen LogP contribution < -0.4 is 24.4 Å². The van der Waals surface area contributed by atoms with Crippen molar-refractivity contribution in [2.45, 2.75) is 26.2 Å². The van der Waals surface area contributed by atoms with E-state index in [-0.39, 0.29) is 13.6 Å². The monoisotopic (exact) mass is 448 g/mol. The van der Waals surface area contributed by atoms with Gasteiger partial charge in [0.15, 0.2) is 11.5 Å². The molecular weight excluding hydrogens is 415 g/mol. The molecule has 0 amide bonds. The topological polar surface area (TPSA) is 69.3 Å². The van der Waals surface area contributed by atoms with Crippen LogP contribution in [0.25, 0.3) is 0 Å². The molecular formula is C23H33N2O5P. The van der Waals surface area contributed by atoms with Gasteiger partial charge in [-0.25, -0.2) is 5.09 Å². The Hall–Kier alpha value is -2.05. The van der Waals surface area contributed by atoms with E-state index >= 15 is 0 Å². The Kier molecular flexibility index (Phi) is 6.58. The molecule has 1 fully saturated rings. The van der Waals surface area contributed by atoms with E-state index < -0.39 is 7.52 Å². The average Bonchev–Trinajstić information content (AvgIpc) is 3.21. The molecule has 0 bridgehead atoms. The van der Waals surface area contributed by atoms with Crippen LogP contribution in [0.1, 0.15) is 27.8 Å². The highest BCUT2D eigenvalue weighted by Crippen LogP contribution is 2.49. The van der Waals surface area contributed by atoms with Crippen LogP contribution in [0.5, 0.6) is 17.2 Å². The Labute approximate surface area is 185 Å². The fourth-order valence-electron chi connectivity index (χ4n) is 3.70. The fraction of sp³-hybridized carbons (Fsp3) is 0.478. The van der Waals surface area contributed by atoms with E-state index in [1.165, 1.54) is 0 Å². The van der Waals surface area contributed by atoms with Crippen molar-refractivity contribution < 1.29 is 24.7 Å². The summed E-state index contributed by atoms with van der Waals surface area (Å²) in [7, 11) is -3.39. The number of rotatable bonds is 7. The lowest BCUT2D eigenvalue weighted by molar-refractivity contribution is 0.0389. The number of nitrogens with one attached hydrogen (secondary N) is 1. The first-order valence-corrected chi connectivity index (χ1v) is 12.3. The Balaban J connectivity index is 0.00000289. The molecule has 2 aliphatic heterocycles. The molecule has 4 rings (SSSR count). The molecule has 1 atom stereocenters. The van der Waals surface area contributed by atoms with Crippen LogP contribution in [-0.4, -0.2) is 51.1 Å². The van der Waals surface area contributed by atoms with E-state index in [0.29, 0.717) is 29.1 Å². The van der Waals surface area contributed by atoms with E-state index in [1.807, 2.05) is 36.4 Å². The molecule has 1 N–H and O–H groups in total. The lowest BCUT2D eigenvalue weighted by Crippen LogP contribution is -2.40. The van der Waals surface area contributed by atoms with Crippen LogP contribution in [-0.2, 0) is 14.7 Å². The molecule has 2 aliphatic rings. The number of ether oxygens (including phenoxy) is 3. The van der Waals surface area contributed by atoms with Gasteiger partial charge in [-0.15, -0.1) is 0 Å². The highest BCUT2D eigenvalue weighted by molar-refractivity contribution is 7.65. The van der Waals surface area contributed by atoms with Crippen molar-refractivity contribution >= 4 is 12.8 Å². The third-order valence-electron chi connectivity index (χ3n) is 5.46. The standard InChI is InChI=1S/C23H31N2O5P.H2/c1-23(2,3)19-15-21-22(29-17-28-21)16-20(19)30-31(26,18-7-5-4-6-8-18)24-9-10-25-11-13-27-14-12-25;/h4-8,15-16H,9-14,17H2,1-3H3,(H,24,26);1H. The van der Waals surface area contributed by atoms with Crippen LogP contribution in [0.3, 0.4) is 0 Å². The highest BCUT2D eigenvalue weighted by Gasteiger charge is 2.32. The van der Waals surface area contributed by atoms with Crippen molar-refractivity contribution in [3.8, 4) is 17.2 Å². The van der Waals surface area contributed by atoms with Gasteiger partial charge in [0.05, 0.1) is 18.5 Å². The van der Waals surface area contributed by atoms with Crippen LogP contribution in [0, 0.1) is 0 Å². The number of fused-ring (bicyclic) bond motifs is 1. The molecule has 1 saturated heterocycles. The number of hydrogen-bond acceptors (Lipinski definition) is 6. The predicted octanol–water partition coefficient (Wildman–Crippen LogP) is 3.78. The Bertz CT molecular complexity index is 945. The van der Waals surface area contributed by atoms with Gasteiger partial charge in [-0.1, -0.05) is 39.0 Å². The lowest BCUT2D eigenvalue weighted by Gasteiger charge is -2.29. The second-order valence-corrected chi connectivity index (χ2v) is 10.9. The second kappa shape index (κ2) is 9.21. The summed E-state index contributed by atoms with van der Waals surface area (Å²) in [5, 5.41) is 3.87. The van der Waals surface area contributed by atoms with Gasteiger partial charge in [-0.3, -0.25) is 9.46 Å². The third kappa shape index (κ3) is 5.24. The maximum atomic E-state index is 14.2. The van der Waals surface area contributed by atoms with Gasteiger partial charge in [0, 0.05) is 39.2 Å². The van der Waals surface area contributed by atoms with E-state index in [0.717, 1.165) is 38.4 Å². The number of benzene rings is 2. The first-order chi connectivity index (χ1) is 14.9. The quantitative estimate of drug-likeness (QED) is 0.647. The molecule has 2 aromatic carbocycles. The zero-order valence-corrected chi connectivity index (χ0v) is 19.3. The first kappa shape index (κ1) is 22.2. The number of hydrogen-bond donors (Lipinski definition) is 1. The van der Waals surface area contributed by atoms with E-state index in [9.17, 15) is 4.57 Å². The summed E-state index contributed by atoms with van der Waals surface area (Å²) in [6.07, 6.45) is 0. The molecule has 1 unspecified atom stereocenters. The summed E-state index contributed by atoms with van der Waals surface area (Å²) in [5.74, 6) is 1.84. The van der Waals surface area contributed by atoms with Gasteiger partial charge >= 0.3 is 7.52 Å². The van der Waals surface area contributed by atoms with Crippen molar-refractivity contribution in [1.82, 2.24) is 9.99 Å². The average molecular weight is 449 g/mol. The maximum absolute atomic E-state index is 14.2. The van der Waals surface area contributed by atoms with Gasteiger partial charge < -0.3 is 18.7 Å². The molecule has 0 radical (unpaired) electrons. The van der Waals surface area contributed by atoms with Crippen LogP contribution in [0.4, 0.5) is 0 Å². The predicted molar refractivity (Wildman–Crippen MR) is 123 cm³/mol. The second-order valence-electron chi connectivity index (χ2n) is 8.79. The molecule has 0 aliphatic carbocycles.